The van der Waals surface area contributed by atoms with Crippen molar-refractivity contribution in [3.8, 4) is 0 Å². The number of nitrogens with zero attached hydrogens (tertiary/aromatic N) is 2. The van der Waals surface area contributed by atoms with Crippen LogP contribution in [0.15, 0.2) is 24.3 Å². The van der Waals surface area contributed by atoms with Crippen LogP contribution >= 0.6 is 0 Å². The smallest absolute Gasteiger partial charge is 0.314 e. The van der Waals surface area contributed by atoms with E-state index in [2.05, 4.69) is 72.6 Å². The lowest BCUT2D eigenvalue weighted by atomic mass is 10.0. The Bertz CT molecular complexity index is 535. The number of carbonyl (C=O) groups excluding carboxylic acids is 1. The summed E-state index contributed by atoms with van der Waals surface area (Å²) in [5.41, 5.74) is 2.48. The molecule has 1 aromatic carbocycles. The summed E-state index contributed by atoms with van der Waals surface area (Å²) in [6.45, 7) is 7.93. The minimum absolute atomic E-state index is 0.0578. The summed E-state index contributed by atoms with van der Waals surface area (Å²) in [6, 6.07) is 8.91. The van der Waals surface area contributed by atoms with E-state index in [9.17, 15) is 4.79 Å². The lowest BCUT2D eigenvalue weighted by Gasteiger charge is -2.35. The Balaban J connectivity index is 1.98. The first-order chi connectivity index (χ1) is 12.5. The van der Waals surface area contributed by atoms with Crippen LogP contribution in [0.5, 0.6) is 0 Å². The number of rotatable bonds is 8. The lowest BCUT2D eigenvalue weighted by Crippen LogP contribution is -2.44. The molecule has 1 aromatic rings. The van der Waals surface area contributed by atoms with Crippen LogP contribution < -0.4 is 15.5 Å². The van der Waals surface area contributed by atoms with Crippen LogP contribution in [0.4, 0.5) is 10.5 Å². The van der Waals surface area contributed by atoms with Crippen molar-refractivity contribution in [2.45, 2.75) is 45.6 Å². The normalized spacial score (nSPS) is 16.3. The molecule has 5 nitrogen and oxygen atoms in total. The zero-order chi connectivity index (χ0) is 18.9. The molecule has 5 heteroatoms. The largest absolute Gasteiger partial charge is 0.378 e. The zero-order valence-corrected chi connectivity index (χ0v) is 16.9. The fourth-order valence-corrected chi connectivity index (χ4v) is 3.41. The zero-order valence-electron chi connectivity index (χ0n) is 16.9. The first-order valence-corrected chi connectivity index (χ1v) is 10.0. The van der Waals surface area contributed by atoms with Gasteiger partial charge in [-0.2, -0.15) is 0 Å². The first-order valence-electron chi connectivity index (χ1n) is 10.0. The summed E-state index contributed by atoms with van der Waals surface area (Å²) < 4.78 is 0. The third-order valence-electron chi connectivity index (χ3n) is 5.09. The van der Waals surface area contributed by atoms with Crippen molar-refractivity contribution in [1.82, 2.24) is 15.5 Å². The van der Waals surface area contributed by atoms with Crippen molar-refractivity contribution in [2.24, 2.45) is 5.92 Å². The highest BCUT2D eigenvalue weighted by atomic mass is 16.2. The number of amides is 2. The molecule has 1 unspecified atom stereocenters. The monoisotopic (exact) mass is 360 g/mol. The maximum atomic E-state index is 12.1. The van der Waals surface area contributed by atoms with Gasteiger partial charge in [-0.05, 0) is 56.0 Å². The van der Waals surface area contributed by atoms with Crippen LogP contribution in [0, 0.1) is 5.92 Å². The number of anilines is 1. The quantitative estimate of drug-likeness (QED) is 0.744. The fourth-order valence-electron chi connectivity index (χ4n) is 3.41. The topological polar surface area (TPSA) is 47.6 Å². The van der Waals surface area contributed by atoms with Crippen molar-refractivity contribution >= 4 is 11.7 Å². The molecule has 1 atom stereocenters. The van der Waals surface area contributed by atoms with E-state index in [1.165, 1.54) is 30.5 Å². The van der Waals surface area contributed by atoms with Crippen molar-refractivity contribution in [3.05, 3.63) is 29.8 Å². The summed E-state index contributed by atoms with van der Waals surface area (Å²) >= 11 is 0. The number of likely N-dealkylation sites (tertiary alicyclic amines) is 1. The standard InChI is InChI=1S/C21H36N4O/c1-17(2)12-13-22-21(26)23-16-20(25-14-6-5-7-15-25)18-8-10-19(11-9-18)24(3)4/h8-11,17,20H,5-7,12-16H2,1-4H3,(H2,22,23,26). The van der Waals surface area contributed by atoms with Gasteiger partial charge in [0.15, 0.2) is 0 Å². The number of hydrogen-bond acceptors (Lipinski definition) is 3. The molecule has 26 heavy (non-hydrogen) atoms. The van der Waals surface area contributed by atoms with E-state index in [-0.39, 0.29) is 12.1 Å². The van der Waals surface area contributed by atoms with Gasteiger partial charge < -0.3 is 15.5 Å². The number of carbonyl (C=O) groups is 1. The van der Waals surface area contributed by atoms with Crippen LogP contribution in [0.2, 0.25) is 0 Å². The second kappa shape index (κ2) is 10.4. The number of benzene rings is 1. The van der Waals surface area contributed by atoms with Crippen molar-refractivity contribution < 1.29 is 4.79 Å². The molecule has 1 fully saturated rings. The SMILES string of the molecule is CC(C)CCNC(=O)NCC(c1ccc(N(C)C)cc1)N1CCCCC1. The summed E-state index contributed by atoms with van der Waals surface area (Å²) in [6.07, 6.45) is 4.81. The van der Waals surface area contributed by atoms with Crippen LogP contribution in [-0.4, -0.2) is 51.2 Å². The number of urea groups is 1. The summed E-state index contributed by atoms with van der Waals surface area (Å²) in [5.74, 6) is 0.603. The van der Waals surface area contributed by atoms with E-state index in [1.807, 2.05) is 0 Å². The van der Waals surface area contributed by atoms with Crippen LogP contribution in [0.3, 0.4) is 0 Å². The van der Waals surface area contributed by atoms with Crippen molar-refractivity contribution in [1.29, 1.82) is 0 Å². The van der Waals surface area contributed by atoms with Gasteiger partial charge in [-0.3, -0.25) is 4.90 Å². The van der Waals surface area contributed by atoms with Crippen LogP contribution in [0.25, 0.3) is 0 Å². The Morgan fingerprint density at radius 1 is 1.08 bits per heavy atom. The van der Waals surface area contributed by atoms with Crippen LogP contribution in [0.1, 0.15) is 51.1 Å². The molecule has 2 amide bonds. The molecule has 146 valence electrons. The maximum Gasteiger partial charge on any atom is 0.314 e. The molecule has 2 N–H and O–H groups in total. The lowest BCUT2D eigenvalue weighted by molar-refractivity contribution is 0.160. The van der Waals surface area contributed by atoms with E-state index in [1.54, 1.807) is 0 Å². The minimum atomic E-state index is -0.0578. The first kappa shape index (κ1) is 20.6. The van der Waals surface area contributed by atoms with Gasteiger partial charge in [0.1, 0.15) is 0 Å². The van der Waals surface area contributed by atoms with Gasteiger partial charge in [-0.1, -0.05) is 32.4 Å². The molecule has 1 heterocycles. The Hall–Kier alpha value is -1.75. The predicted octanol–water partition coefficient (Wildman–Crippen LogP) is 3.62. The minimum Gasteiger partial charge on any atom is -0.378 e. The van der Waals surface area contributed by atoms with Crippen molar-refractivity contribution in [2.75, 3.05) is 45.2 Å². The summed E-state index contributed by atoms with van der Waals surface area (Å²) in [4.78, 5) is 16.8. The third kappa shape index (κ3) is 6.52. The third-order valence-corrected chi connectivity index (χ3v) is 5.09. The van der Waals surface area contributed by atoms with Gasteiger partial charge >= 0.3 is 6.03 Å². The maximum absolute atomic E-state index is 12.1. The molecule has 0 spiro atoms. The predicted molar refractivity (Wildman–Crippen MR) is 110 cm³/mol. The molecule has 1 aliphatic rings. The molecule has 0 aromatic heterocycles. The van der Waals surface area contributed by atoms with Crippen molar-refractivity contribution in [3.63, 3.8) is 0 Å². The highest BCUT2D eigenvalue weighted by molar-refractivity contribution is 5.73. The summed E-state index contributed by atoms with van der Waals surface area (Å²) in [7, 11) is 4.11. The van der Waals surface area contributed by atoms with Gasteiger partial charge in [0.25, 0.3) is 0 Å². The second-order valence-corrected chi connectivity index (χ2v) is 7.92. The fraction of sp³-hybridized carbons (Fsp3) is 0.667. The molecule has 0 saturated carbocycles. The van der Waals surface area contributed by atoms with Gasteiger partial charge in [-0.15, -0.1) is 0 Å². The van der Waals surface area contributed by atoms with E-state index in [0.717, 1.165) is 26.1 Å². The Labute approximate surface area is 159 Å². The van der Waals surface area contributed by atoms with E-state index in [4.69, 9.17) is 0 Å². The average Bonchev–Trinajstić information content (AvgIpc) is 2.63. The average molecular weight is 361 g/mol. The van der Waals surface area contributed by atoms with Crippen LogP contribution in [-0.2, 0) is 0 Å². The Morgan fingerprint density at radius 2 is 1.73 bits per heavy atom. The van der Waals surface area contributed by atoms with E-state index < -0.39 is 0 Å². The Kier molecular flexibility index (Phi) is 8.23. The number of hydrogen-bond donors (Lipinski definition) is 2. The number of nitrogens with one attached hydrogen (secondary N) is 2. The molecular formula is C21H36N4O. The van der Waals surface area contributed by atoms with Gasteiger partial charge in [0.05, 0.1) is 6.04 Å². The van der Waals surface area contributed by atoms with Gasteiger partial charge in [-0.25, -0.2) is 4.79 Å². The molecular weight excluding hydrogens is 324 g/mol. The Morgan fingerprint density at radius 3 is 2.31 bits per heavy atom. The second-order valence-electron chi connectivity index (χ2n) is 7.92. The molecule has 2 rings (SSSR count). The van der Waals surface area contributed by atoms with E-state index in [0.29, 0.717) is 12.5 Å². The molecule has 0 bridgehead atoms. The van der Waals surface area contributed by atoms with E-state index >= 15 is 0 Å². The van der Waals surface area contributed by atoms with Gasteiger partial charge in [0.2, 0.25) is 0 Å². The highest BCUT2D eigenvalue weighted by Crippen LogP contribution is 2.25. The van der Waals surface area contributed by atoms with Gasteiger partial charge in [0, 0.05) is 32.9 Å². The molecule has 1 aliphatic heterocycles. The molecule has 0 radical (unpaired) electrons. The molecule has 1 saturated heterocycles. The summed E-state index contributed by atoms with van der Waals surface area (Å²) in [5, 5.41) is 6.06. The number of piperidine rings is 1. The highest BCUT2D eigenvalue weighted by Gasteiger charge is 2.23. The molecule has 0 aliphatic carbocycles.